The predicted octanol–water partition coefficient (Wildman–Crippen LogP) is 2.88. The van der Waals surface area contributed by atoms with Crippen molar-refractivity contribution in [1.29, 1.82) is 0 Å². The maximum Gasteiger partial charge on any atom is 0.212 e. The highest BCUT2D eigenvalue weighted by Crippen LogP contribution is 2.22. The Morgan fingerprint density at radius 1 is 1.18 bits per heavy atom. The van der Waals surface area contributed by atoms with Crippen LogP contribution < -0.4 is 4.74 Å². The quantitative estimate of drug-likeness (QED) is 0.757. The Balaban J connectivity index is 2.41. The normalized spacial score (nSPS) is 10.0. The number of aryl methyl sites for hydroxylation is 1. The zero-order chi connectivity index (χ0) is 12.3. The first-order valence-electron chi connectivity index (χ1n) is 5.31. The van der Waals surface area contributed by atoms with Crippen LogP contribution in [-0.2, 0) is 0 Å². The topological polar surface area (TPSA) is 39.2 Å². The highest BCUT2D eigenvalue weighted by Gasteiger charge is 2.02. The molecule has 0 aliphatic carbocycles. The number of carbonyl (C=O) groups is 1. The summed E-state index contributed by atoms with van der Waals surface area (Å²) in [7, 11) is 1.58. The fraction of sp³-hybridized carbons (Fsp3) is 0.143. The number of rotatable bonds is 3. The number of methoxy groups -OCH3 is 1. The monoisotopic (exact) mass is 227 g/mol. The molecule has 1 aromatic carbocycles. The summed E-state index contributed by atoms with van der Waals surface area (Å²) in [5, 5.41) is 0. The molecule has 0 aliphatic heterocycles. The van der Waals surface area contributed by atoms with Gasteiger partial charge in [0.1, 0.15) is 6.29 Å². The van der Waals surface area contributed by atoms with Crippen LogP contribution in [0.5, 0.6) is 5.88 Å². The lowest BCUT2D eigenvalue weighted by Gasteiger charge is -2.05. The van der Waals surface area contributed by atoms with Gasteiger partial charge in [0.2, 0.25) is 5.88 Å². The molecule has 17 heavy (non-hydrogen) atoms. The Bertz CT molecular complexity index is 532. The first-order chi connectivity index (χ1) is 8.24. The largest absolute Gasteiger partial charge is 0.481 e. The molecule has 0 spiro atoms. The molecule has 0 fully saturated rings. The lowest BCUT2D eigenvalue weighted by molar-refractivity contribution is 0.112. The second-order valence-corrected chi connectivity index (χ2v) is 3.78. The summed E-state index contributed by atoms with van der Waals surface area (Å²) in [5.41, 5.74) is 3.63. The first-order valence-corrected chi connectivity index (χ1v) is 5.31. The number of hydrogen-bond donors (Lipinski definition) is 0. The van der Waals surface area contributed by atoms with Crippen molar-refractivity contribution >= 4 is 6.29 Å². The molecule has 0 bridgehead atoms. The minimum atomic E-state index is 0.580. The van der Waals surface area contributed by atoms with Gasteiger partial charge in [-0.1, -0.05) is 12.1 Å². The van der Waals surface area contributed by atoms with E-state index in [2.05, 4.69) is 4.98 Å². The fourth-order valence-electron chi connectivity index (χ4n) is 1.62. The summed E-state index contributed by atoms with van der Waals surface area (Å²) < 4.78 is 5.00. The van der Waals surface area contributed by atoms with Gasteiger partial charge in [-0.15, -0.1) is 0 Å². The zero-order valence-electron chi connectivity index (χ0n) is 9.81. The van der Waals surface area contributed by atoms with E-state index in [1.807, 2.05) is 31.2 Å². The molecule has 0 saturated heterocycles. The van der Waals surface area contributed by atoms with Crippen molar-refractivity contribution in [2.75, 3.05) is 7.11 Å². The number of nitrogens with zero attached hydrogens (tertiary/aromatic N) is 1. The minimum absolute atomic E-state index is 0.580. The van der Waals surface area contributed by atoms with Gasteiger partial charge in [-0.2, -0.15) is 0 Å². The maximum atomic E-state index is 10.9. The van der Waals surface area contributed by atoms with E-state index in [0.29, 0.717) is 11.4 Å². The zero-order valence-corrected chi connectivity index (χ0v) is 9.81. The van der Waals surface area contributed by atoms with Gasteiger partial charge in [0, 0.05) is 23.4 Å². The smallest absolute Gasteiger partial charge is 0.212 e. The standard InChI is InChI=1S/C14H13NO2/c1-10-3-4-11(7-13(10)9-16)12-5-6-14(17-2)15-8-12/h3-9H,1-2H3. The molecule has 0 unspecified atom stereocenters. The molecule has 1 heterocycles. The van der Waals surface area contributed by atoms with Crippen LogP contribution in [0, 0.1) is 6.92 Å². The summed E-state index contributed by atoms with van der Waals surface area (Å²) in [5.74, 6) is 0.580. The summed E-state index contributed by atoms with van der Waals surface area (Å²) >= 11 is 0. The Morgan fingerprint density at radius 2 is 1.94 bits per heavy atom. The third-order valence-corrected chi connectivity index (χ3v) is 2.69. The van der Waals surface area contributed by atoms with Gasteiger partial charge >= 0.3 is 0 Å². The number of benzene rings is 1. The van der Waals surface area contributed by atoms with E-state index >= 15 is 0 Å². The van der Waals surface area contributed by atoms with Crippen LogP contribution in [0.3, 0.4) is 0 Å². The predicted molar refractivity (Wildman–Crippen MR) is 66.3 cm³/mol. The van der Waals surface area contributed by atoms with Gasteiger partial charge in [0.25, 0.3) is 0 Å². The van der Waals surface area contributed by atoms with Gasteiger partial charge in [-0.3, -0.25) is 4.79 Å². The minimum Gasteiger partial charge on any atom is -0.481 e. The van der Waals surface area contributed by atoms with Crippen molar-refractivity contribution < 1.29 is 9.53 Å². The summed E-state index contributed by atoms with van der Waals surface area (Å²) in [6, 6.07) is 9.50. The Labute approximate surface area is 100 Å². The van der Waals surface area contributed by atoms with Gasteiger partial charge in [0.15, 0.2) is 0 Å². The number of aromatic nitrogens is 1. The second kappa shape index (κ2) is 4.78. The lowest BCUT2D eigenvalue weighted by atomic mass is 10.0. The lowest BCUT2D eigenvalue weighted by Crippen LogP contribution is -1.90. The third-order valence-electron chi connectivity index (χ3n) is 2.69. The number of pyridine rings is 1. The van der Waals surface area contributed by atoms with E-state index in [4.69, 9.17) is 4.74 Å². The van der Waals surface area contributed by atoms with Gasteiger partial charge < -0.3 is 4.74 Å². The molecule has 0 saturated carbocycles. The van der Waals surface area contributed by atoms with Crippen molar-refractivity contribution in [3.8, 4) is 17.0 Å². The van der Waals surface area contributed by atoms with Crippen molar-refractivity contribution in [2.45, 2.75) is 6.92 Å². The van der Waals surface area contributed by atoms with Crippen molar-refractivity contribution in [3.63, 3.8) is 0 Å². The molecule has 2 rings (SSSR count). The first kappa shape index (κ1) is 11.3. The Kier molecular flexibility index (Phi) is 3.19. The fourth-order valence-corrected chi connectivity index (χ4v) is 1.62. The number of hydrogen-bond acceptors (Lipinski definition) is 3. The molecule has 0 aliphatic rings. The molecule has 3 heteroatoms. The van der Waals surface area contributed by atoms with Crippen LogP contribution >= 0.6 is 0 Å². The van der Waals surface area contributed by atoms with Crippen LogP contribution in [-0.4, -0.2) is 18.4 Å². The summed E-state index contributed by atoms with van der Waals surface area (Å²) in [6.45, 7) is 1.92. The van der Waals surface area contributed by atoms with E-state index < -0.39 is 0 Å². The van der Waals surface area contributed by atoms with Gasteiger partial charge in [-0.25, -0.2) is 4.98 Å². The van der Waals surface area contributed by atoms with Crippen molar-refractivity contribution in [1.82, 2.24) is 4.98 Å². The highest BCUT2D eigenvalue weighted by atomic mass is 16.5. The van der Waals surface area contributed by atoms with Gasteiger partial charge in [-0.05, 0) is 30.2 Å². The molecule has 0 amide bonds. The van der Waals surface area contributed by atoms with E-state index in [1.165, 1.54) is 0 Å². The molecule has 1 aromatic heterocycles. The maximum absolute atomic E-state index is 10.9. The number of aldehydes is 1. The van der Waals surface area contributed by atoms with Crippen molar-refractivity contribution in [3.05, 3.63) is 47.7 Å². The SMILES string of the molecule is COc1ccc(-c2ccc(C)c(C=O)c2)cn1. The number of carbonyl (C=O) groups excluding carboxylic acids is 1. The second-order valence-electron chi connectivity index (χ2n) is 3.78. The summed E-state index contributed by atoms with van der Waals surface area (Å²) in [4.78, 5) is 15.0. The van der Waals surface area contributed by atoms with E-state index in [1.54, 1.807) is 19.4 Å². The molecule has 3 nitrogen and oxygen atoms in total. The molecule has 0 radical (unpaired) electrons. The van der Waals surface area contributed by atoms with Crippen LogP contribution in [0.25, 0.3) is 11.1 Å². The summed E-state index contributed by atoms with van der Waals surface area (Å²) in [6.07, 6.45) is 2.61. The number of ether oxygens (including phenoxy) is 1. The van der Waals surface area contributed by atoms with Crippen LogP contribution in [0.4, 0.5) is 0 Å². The van der Waals surface area contributed by atoms with Crippen molar-refractivity contribution in [2.24, 2.45) is 0 Å². The van der Waals surface area contributed by atoms with Crippen LogP contribution in [0.1, 0.15) is 15.9 Å². The molecular weight excluding hydrogens is 214 g/mol. The Hall–Kier alpha value is -2.16. The average molecular weight is 227 g/mol. The van der Waals surface area contributed by atoms with E-state index in [9.17, 15) is 4.79 Å². The Morgan fingerprint density at radius 3 is 2.53 bits per heavy atom. The van der Waals surface area contributed by atoms with E-state index in [0.717, 1.165) is 23.0 Å². The van der Waals surface area contributed by atoms with E-state index in [-0.39, 0.29) is 0 Å². The molecule has 2 aromatic rings. The highest BCUT2D eigenvalue weighted by molar-refractivity contribution is 5.80. The third kappa shape index (κ3) is 2.33. The molecule has 0 atom stereocenters. The van der Waals surface area contributed by atoms with Gasteiger partial charge in [0.05, 0.1) is 7.11 Å². The van der Waals surface area contributed by atoms with Crippen LogP contribution in [0.2, 0.25) is 0 Å². The molecular formula is C14H13NO2. The molecule has 86 valence electrons. The molecule has 0 N–H and O–H groups in total. The van der Waals surface area contributed by atoms with Crippen LogP contribution in [0.15, 0.2) is 36.5 Å². The average Bonchev–Trinajstić information content (AvgIpc) is 2.39.